The van der Waals surface area contributed by atoms with Crippen molar-refractivity contribution in [1.29, 1.82) is 0 Å². The number of rotatable bonds is 14. The zero-order chi connectivity index (χ0) is 13.5. The fourth-order valence-corrected chi connectivity index (χ4v) is 1.85. The fraction of sp³-hybridized carbons (Fsp3) is 1.00. The predicted octanol–water partition coefficient (Wildman–Crippen LogP) is 3.11. The molecule has 0 saturated carbocycles. The smallest absolute Gasteiger partial charge is 0.0897 e. The van der Waals surface area contributed by atoms with Gasteiger partial charge in [0.05, 0.1) is 12.7 Å². The number of ether oxygens (including phenoxy) is 1. The van der Waals surface area contributed by atoms with E-state index in [1.54, 1.807) is 0 Å². The van der Waals surface area contributed by atoms with Gasteiger partial charge in [0.2, 0.25) is 0 Å². The summed E-state index contributed by atoms with van der Waals surface area (Å²) < 4.78 is 5.45. The Bertz CT molecular complexity index is 137. The van der Waals surface area contributed by atoms with E-state index in [4.69, 9.17) is 4.74 Å². The molecule has 2 N–H and O–H groups in total. The maximum atomic E-state index is 9.67. The molecule has 0 heterocycles. The highest BCUT2D eigenvalue weighted by atomic mass is 16.5. The molecule has 0 aliphatic rings. The Kier molecular flexibility index (Phi) is 14.8. The van der Waals surface area contributed by atoms with Crippen molar-refractivity contribution in [2.24, 2.45) is 0 Å². The van der Waals surface area contributed by atoms with Crippen molar-refractivity contribution in [3.63, 3.8) is 0 Å². The second kappa shape index (κ2) is 14.9. The molecule has 3 nitrogen and oxygen atoms in total. The molecule has 0 rings (SSSR count). The normalized spacial score (nSPS) is 12.8. The van der Waals surface area contributed by atoms with Gasteiger partial charge in [-0.2, -0.15) is 0 Å². The van der Waals surface area contributed by atoms with Gasteiger partial charge in [-0.25, -0.2) is 0 Å². The lowest BCUT2D eigenvalue weighted by Gasteiger charge is -2.12. The second-order valence-electron chi connectivity index (χ2n) is 5.05. The first kappa shape index (κ1) is 17.9. The largest absolute Gasteiger partial charge is 0.389 e. The van der Waals surface area contributed by atoms with E-state index < -0.39 is 0 Å². The van der Waals surface area contributed by atoms with Gasteiger partial charge in [0.15, 0.2) is 0 Å². The first-order valence-corrected chi connectivity index (χ1v) is 7.77. The standard InChI is InChI=1S/C15H33NO2/c1-3-5-7-9-11-16-13-15(17)14-18-12-10-8-6-4-2/h15-17H,3-14H2,1-2H3. The summed E-state index contributed by atoms with van der Waals surface area (Å²) in [7, 11) is 0. The summed E-state index contributed by atoms with van der Waals surface area (Å²) in [6.45, 7) is 7.34. The van der Waals surface area contributed by atoms with E-state index in [1.165, 1.54) is 44.9 Å². The molecule has 0 aromatic rings. The van der Waals surface area contributed by atoms with Crippen molar-refractivity contribution in [2.75, 3.05) is 26.3 Å². The molecule has 1 unspecified atom stereocenters. The number of aliphatic hydroxyl groups is 1. The van der Waals surface area contributed by atoms with Crippen LogP contribution in [0.3, 0.4) is 0 Å². The summed E-state index contributed by atoms with van der Waals surface area (Å²) >= 11 is 0. The summed E-state index contributed by atoms with van der Waals surface area (Å²) in [5.74, 6) is 0. The first-order valence-electron chi connectivity index (χ1n) is 7.77. The van der Waals surface area contributed by atoms with Crippen LogP contribution in [0, 0.1) is 0 Å². The predicted molar refractivity (Wildman–Crippen MR) is 78.0 cm³/mol. The Morgan fingerprint density at radius 2 is 1.61 bits per heavy atom. The molecule has 0 spiro atoms. The molecular formula is C15H33NO2. The molecule has 110 valence electrons. The summed E-state index contributed by atoms with van der Waals surface area (Å²) in [6, 6.07) is 0. The average molecular weight is 259 g/mol. The van der Waals surface area contributed by atoms with E-state index in [1.807, 2.05) is 0 Å². The number of unbranched alkanes of at least 4 members (excludes halogenated alkanes) is 6. The van der Waals surface area contributed by atoms with E-state index in [0.717, 1.165) is 19.6 Å². The highest BCUT2D eigenvalue weighted by Gasteiger charge is 2.02. The van der Waals surface area contributed by atoms with Crippen LogP contribution in [-0.4, -0.2) is 37.5 Å². The van der Waals surface area contributed by atoms with Gasteiger partial charge in [-0.05, 0) is 19.4 Å². The maximum Gasteiger partial charge on any atom is 0.0897 e. The van der Waals surface area contributed by atoms with Crippen LogP contribution in [0.1, 0.15) is 65.2 Å². The van der Waals surface area contributed by atoms with Crippen LogP contribution in [0.15, 0.2) is 0 Å². The molecule has 0 aliphatic carbocycles. The topological polar surface area (TPSA) is 41.5 Å². The molecular weight excluding hydrogens is 226 g/mol. The van der Waals surface area contributed by atoms with Crippen molar-refractivity contribution >= 4 is 0 Å². The van der Waals surface area contributed by atoms with Gasteiger partial charge in [0.25, 0.3) is 0 Å². The average Bonchev–Trinajstić information content (AvgIpc) is 2.38. The minimum atomic E-state index is -0.359. The molecule has 0 aromatic heterocycles. The molecule has 0 aliphatic heterocycles. The monoisotopic (exact) mass is 259 g/mol. The lowest BCUT2D eigenvalue weighted by molar-refractivity contribution is 0.0355. The van der Waals surface area contributed by atoms with Gasteiger partial charge in [0, 0.05) is 13.2 Å². The lowest BCUT2D eigenvalue weighted by atomic mass is 10.2. The van der Waals surface area contributed by atoms with Crippen LogP contribution in [0.2, 0.25) is 0 Å². The van der Waals surface area contributed by atoms with Gasteiger partial charge in [-0.3, -0.25) is 0 Å². The van der Waals surface area contributed by atoms with Gasteiger partial charge in [-0.15, -0.1) is 0 Å². The molecule has 3 heteroatoms. The Hall–Kier alpha value is -0.120. The van der Waals surface area contributed by atoms with E-state index in [0.29, 0.717) is 13.2 Å². The number of nitrogens with one attached hydrogen (secondary N) is 1. The minimum Gasteiger partial charge on any atom is -0.389 e. The van der Waals surface area contributed by atoms with Gasteiger partial charge in [0.1, 0.15) is 0 Å². The lowest BCUT2D eigenvalue weighted by Crippen LogP contribution is -2.31. The van der Waals surface area contributed by atoms with Crippen LogP contribution in [-0.2, 0) is 4.74 Å². The molecule has 0 radical (unpaired) electrons. The van der Waals surface area contributed by atoms with Crippen molar-refractivity contribution in [3.8, 4) is 0 Å². The number of aliphatic hydroxyl groups excluding tert-OH is 1. The van der Waals surface area contributed by atoms with Crippen LogP contribution >= 0.6 is 0 Å². The van der Waals surface area contributed by atoms with E-state index >= 15 is 0 Å². The Morgan fingerprint density at radius 1 is 0.944 bits per heavy atom. The minimum absolute atomic E-state index is 0.359. The molecule has 0 saturated heterocycles. The highest BCUT2D eigenvalue weighted by Crippen LogP contribution is 1.99. The summed E-state index contributed by atoms with van der Waals surface area (Å²) in [6.07, 6.45) is 9.61. The molecule has 0 bridgehead atoms. The third-order valence-electron chi connectivity index (χ3n) is 3.04. The van der Waals surface area contributed by atoms with Gasteiger partial charge < -0.3 is 15.2 Å². The zero-order valence-corrected chi connectivity index (χ0v) is 12.4. The van der Waals surface area contributed by atoms with Crippen LogP contribution in [0.5, 0.6) is 0 Å². The quantitative estimate of drug-likeness (QED) is 0.471. The molecule has 18 heavy (non-hydrogen) atoms. The Labute approximate surface area is 113 Å². The summed E-state index contributed by atoms with van der Waals surface area (Å²) in [5, 5.41) is 12.9. The van der Waals surface area contributed by atoms with Crippen LogP contribution in [0.4, 0.5) is 0 Å². The van der Waals surface area contributed by atoms with E-state index in [9.17, 15) is 5.11 Å². The second-order valence-corrected chi connectivity index (χ2v) is 5.05. The molecule has 0 amide bonds. The molecule has 0 fully saturated rings. The van der Waals surface area contributed by atoms with E-state index in [-0.39, 0.29) is 6.10 Å². The Morgan fingerprint density at radius 3 is 2.28 bits per heavy atom. The van der Waals surface area contributed by atoms with Crippen LogP contribution in [0.25, 0.3) is 0 Å². The summed E-state index contributed by atoms with van der Waals surface area (Å²) in [4.78, 5) is 0. The van der Waals surface area contributed by atoms with Crippen molar-refractivity contribution in [3.05, 3.63) is 0 Å². The maximum absolute atomic E-state index is 9.67. The van der Waals surface area contributed by atoms with Gasteiger partial charge >= 0.3 is 0 Å². The van der Waals surface area contributed by atoms with E-state index in [2.05, 4.69) is 19.2 Å². The molecule has 1 atom stereocenters. The van der Waals surface area contributed by atoms with Gasteiger partial charge in [-0.1, -0.05) is 52.4 Å². The molecule has 0 aromatic carbocycles. The third-order valence-corrected chi connectivity index (χ3v) is 3.04. The summed E-state index contributed by atoms with van der Waals surface area (Å²) in [5.41, 5.74) is 0. The fourth-order valence-electron chi connectivity index (χ4n) is 1.85. The SMILES string of the molecule is CCCCCCNCC(O)COCCCCCC. The Balaban J connectivity index is 3.10. The van der Waals surface area contributed by atoms with Crippen molar-refractivity contribution in [1.82, 2.24) is 5.32 Å². The number of hydrogen-bond acceptors (Lipinski definition) is 3. The third kappa shape index (κ3) is 13.9. The number of hydrogen-bond donors (Lipinski definition) is 2. The van der Waals surface area contributed by atoms with Crippen molar-refractivity contribution < 1.29 is 9.84 Å². The zero-order valence-electron chi connectivity index (χ0n) is 12.4. The van der Waals surface area contributed by atoms with Crippen LogP contribution < -0.4 is 5.32 Å². The van der Waals surface area contributed by atoms with Crippen molar-refractivity contribution in [2.45, 2.75) is 71.3 Å². The highest BCUT2D eigenvalue weighted by molar-refractivity contribution is 4.58. The first-order chi connectivity index (χ1) is 8.81.